The summed E-state index contributed by atoms with van der Waals surface area (Å²) in [6, 6.07) is 0. The van der Waals surface area contributed by atoms with Crippen LogP contribution in [0.4, 0.5) is 0 Å². The first-order chi connectivity index (χ1) is 8.33. The van der Waals surface area contributed by atoms with E-state index in [0.29, 0.717) is 0 Å². The molecule has 1 saturated carbocycles. The smallest absolute Gasteiger partial charge is 0.0148 e. The second-order valence-electron chi connectivity index (χ2n) is 5.89. The van der Waals surface area contributed by atoms with Crippen molar-refractivity contribution in [2.75, 3.05) is 0 Å². The minimum absolute atomic E-state index is 0.819. The van der Waals surface area contributed by atoms with Gasteiger partial charge < -0.3 is 0 Å². The third-order valence-corrected chi connectivity index (χ3v) is 5.02. The molecule has 1 fully saturated rings. The minimum Gasteiger partial charge on any atom is -0.0891 e. The van der Waals surface area contributed by atoms with Gasteiger partial charge in [0.2, 0.25) is 0 Å². The molecule has 1 aliphatic rings. The second kappa shape index (κ2) is 10.4. The van der Waals surface area contributed by atoms with Gasteiger partial charge in [0.1, 0.15) is 0 Å². The lowest BCUT2D eigenvalue weighted by Crippen LogP contribution is -2.05. The summed E-state index contributed by atoms with van der Waals surface area (Å²) >= 11 is 3.83. The van der Waals surface area contributed by atoms with Gasteiger partial charge in [0.05, 0.1) is 0 Å². The van der Waals surface area contributed by atoms with Gasteiger partial charge in [0.25, 0.3) is 0 Å². The lowest BCUT2D eigenvalue weighted by Gasteiger charge is -2.15. The molecule has 0 bridgehead atoms. The molecule has 2 atom stereocenters. The lowest BCUT2D eigenvalue weighted by atomic mass is 9.93. The van der Waals surface area contributed by atoms with Crippen molar-refractivity contribution in [1.82, 2.24) is 0 Å². The van der Waals surface area contributed by atoms with Gasteiger partial charge in [0, 0.05) is 4.83 Å². The van der Waals surface area contributed by atoms with Gasteiger partial charge in [-0.25, -0.2) is 0 Å². The molecule has 0 nitrogen and oxygen atoms in total. The van der Waals surface area contributed by atoms with E-state index in [1.807, 2.05) is 0 Å². The summed E-state index contributed by atoms with van der Waals surface area (Å²) in [7, 11) is 0. The van der Waals surface area contributed by atoms with Crippen LogP contribution in [0, 0.1) is 5.92 Å². The number of hydrogen-bond acceptors (Lipinski definition) is 0. The quantitative estimate of drug-likeness (QED) is 0.274. The van der Waals surface area contributed by atoms with Crippen molar-refractivity contribution in [2.45, 2.75) is 95.2 Å². The first-order valence-corrected chi connectivity index (χ1v) is 8.88. The van der Waals surface area contributed by atoms with E-state index in [9.17, 15) is 0 Å². The normalized spacial score (nSPS) is 25.8. The fraction of sp³-hybridized carbons (Fsp3) is 1.00. The van der Waals surface area contributed by atoms with Crippen LogP contribution in [0.2, 0.25) is 0 Å². The number of hydrogen-bond donors (Lipinski definition) is 0. The van der Waals surface area contributed by atoms with E-state index in [4.69, 9.17) is 0 Å². The Bertz CT molecular complexity index is 167. The summed E-state index contributed by atoms with van der Waals surface area (Å²) in [5.41, 5.74) is 0. The fourth-order valence-corrected chi connectivity index (χ4v) is 3.90. The summed E-state index contributed by atoms with van der Waals surface area (Å²) < 4.78 is 0. The molecule has 0 N–H and O–H groups in total. The highest BCUT2D eigenvalue weighted by molar-refractivity contribution is 9.09. The zero-order valence-corrected chi connectivity index (χ0v) is 13.3. The molecule has 17 heavy (non-hydrogen) atoms. The molecule has 0 radical (unpaired) electrons. The molecule has 1 heteroatoms. The Morgan fingerprint density at radius 2 is 1.53 bits per heavy atom. The second-order valence-corrected chi connectivity index (χ2v) is 7.19. The summed E-state index contributed by atoms with van der Waals surface area (Å²) in [6.45, 7) is 2.29. The van der Waals surface area contributed by atoms with Gasteiger partial charge in [-0.3, -0.25) is 0 Å². The summed E-state index contributed by atoms with van der Waals surface area (Å²) in [4.78, 5) is 0.819. The average molecular weight is 303 g/mol. The number of alkyl halides is 1. The third-order valence-electron chi connectivity index (χ3n) is 4.18. The van der Waals surface area contributed by atoms with Gasteiger partial charge >= 0.3 is 0 Å². The van der Waals surface area contributed by atoms with Crippen LogP contribution in [0.15, 0.2) is 0 Å². The maximum Gasteiger partial charge on any atom is 0.0148 e. The van der Waals surface area contributed by atoms with Crippen molar-refractivity contribution in [3.05, 3.63) is 0 Å². The molecule has 0 saturated heterocycles. The molecular weight excluding hydrogens is 272 g/mol. The Kier molecular flexibility index (Phi) is 9.51. The van der Waals surface area contributed by atoms with Crippen LogP contribution in [0.25, 0.3) is 0 Å². The van der Waals surface area contributed by atoms with Crippen LogP contribution in [0.5, 0.6) is 0 Å². The molecule has 2 unspecified atom stereocenters. The van der Waals surface area contributed by atoms with Crippen molar-refractivity contribution in [3.63, 3.8) is 0 Å². The molecule has 102 valence electrons. The Morgan fingerprint density at radius 3 is 2.29 bits per heavy atom. The maximum absolute atomic E-state index is 3.83. The summed E-state index contributed by atoms with van der Waals surface area (Å²) in [5, 5.41) is 0. The topological polar surface area (TPSA) is 0 Å². The standard InChI is InChI=1S/C16H31Br/c1-2-3-4-5-6-7-8-11-15-12-9-10-13-16(17)14-15/h15-16H,2-14H2,1H3. The maximum atomic E-state index is 3.83. The lowest BCUT2D eigenvalue weighted by molar-refractivity contribution is 0.408. The zero-order valence-electron chi connectivity index (χ0n) is 11.7. The van der Waals surface area contributed by atoms with Crippen molar-refractivity contribution in [3.8, 4) is 0 Å². The van der Waals surface area contributed by atoms with Crippen LogP contribution >= 0.6 is 15.9 Å². The highest BCUT2D eigenvalue weighted by Crippen LogP contribution is 2.31. The Labute approximate surface area is 117 Å². The van der Waals surface area contributed by atoms with Gasteiger partial charge in [-0.1, -0.05) is 93.5 Å². The van der Waals surface area contributed by atoms with Crippen LogP contribution in [0.1, 0.15) is 90.4 Å². The molecule has 0 aromatic rings. The van der Waals surface area contributed by atoms with Crippen LogP contribution < -0.4 is 0 Å². The van der Waals surface area contributed by atoms with Crippen LogP contribution in [0.3, 0.4) is 0 Å². The number of rotatable bonds is 8. The minimum atomic E-state index is 0.819. The van der Waals surface area contributed by atoms with Crippen molar-refractivity contribution in [2.24, 2.45) is 5.92 Å². The Balaban J connectivity index is 1.94. The van der Waals surface area contributed by atoms with E-state index in [1.165, 1.54) is 83.5 Å². The van der Waals surface area contributed by atoms with E-state index in [-0.39, 0.29) is 0 Å². The first-order valence-electron chi connectivity index (χ1n) is 7.97. The van der Waals surface area contributed by atoms with Crippen LogP contribution in [-0.2, 0) is 0 Å². The predicted molar refractivity (Wildman–Crippen MR) is 81.9 cm³/mol. The van der Waals surface area contributed by atoms with E-state index in [1.54, 1.807) is 0 Å². The zero-order chi connectivity index (χ0) is 12.3. The SMILES string of the molecule is CCCCCCCCCC1CCCCC(Br)C1. The highest BCUT2D eigenvalue weighted by Gasteiger charge is 2.17. The molecule has 1 rings (SSSR count). The Morgan fingerprint density at radius 1 is 0.882 bits per heavy atom. The van der Waals surface area contributed by atoms with E-state index < -0.39 is 0 Å². The molecule has 0 heterocycles. The van der Waals surface area contributed by atoms with Gasteiger partial charge in [-0.2, -0.15) is 0 Å². The molecular formula is C16H31Br. The molecule has 0 aromatic carbocycles. The molecule has 0 aliphatic heterocycles. The number of unbranched alkanes of at least 4 members (excludes halogenated alkanes) is 6. The third kappa shape index (κ3) is 8.24. The predicted octanol–water partition coefficient (Wildman–Crippen LogP) is 6.47. The number of halogens is 1. The molecule has 0 amide bonds. The van der Waals surface area contributed by atoms with Crippen molar-refractivity contribution >= 4 is 15.9 Å². The fourth-order valence-electron chi connectivity index (χ4n) is 3.05. The molecule has 1 aliphatic carbocycles. The average Bonchev–Trinajstić information content (AvgIpc) is 2.52. The van der Waals surface area contributed by atoms with Crippen LogP contribution in [-0.4, -0.2) is 4.83 Å². The van der Waals surface area contributed by atoms with E-state index >= 15 is 0 Å². The highest BCUT2D eigenvalue weighted by atomic mass is 79.9. The molecule has 0 spiro atoms. The van der Waals surface area contributed by atoms with Gasteiger partial charge in [-0.05, 0) is 18.8 Å². The first kappa shape index (κ1) is 15.5. The molecule has 0 aromatic heterocycles. The largest absolute Gasteiger partial charge is 0.0891 e. The van der Waals surface area contributed by atoms with Gasteiger partial charge in [0.15, 0.2) is 0 Å². The van der Waals surface area contributed by atoms with Crippen molar-refractivity contribution < 1.29 is 0 Å². The van der Waals surface area contributed by atoms with Crippen molar-refractivity contribution in [1.29, 1.82) is 0 Å². The van der Waals surface area contributed by atoms with E-state index in [0.717, 1.165) is 10.7 Å². The van der Waals surface area contributed by atoms with E-state index in [2.05, 4.69) is 22.9 Å². The monoisotopic (exact) mass is 302 g/mol. The van der Waals surface area contributed by atoms with Gasteiger partial charge in [-0.15, -0.1) is 0 Å². The summed E-state index contributed by atoms with van der Waals surface area (Å²) in [5.74, 6) is 1.03. The summed E-state index contributed by atoms with van der Waals surface area (Å²) in [6.07, 6.45) is 18.9. The Hall–Kier alpha value is 0.480.